The number of hydrogen-bond acceptors (Lipinski definition) is 5. The van der Waals surface area contributed by atoms with Crippen molar-refractivity contribution < 1.29 is 8.42 Å². The van der Waals surface area contributed by atoms with Crippen LogP contribution in [0.25, 0.3) is 5.65 Å². The number of hydrazine groups is 1. The molecule has 2 aromatic rings. The van der Waals surface area contributed by atoms with E-state index in [-0.39, 0.29) is 10.8 Å². The number of nitrogens with zero attached hydrogens (tertiary/aromatic N) is 3. The molecule has 0 aliphatic carbocycles. The quantitative estimate of drug-likeness (QED) is 0.645. The van der Waals surface area contributed by atoms with E-state index >= 15 is 0 Å². The van der Waals surface area contributed by atoms with Crippen molar-refractivity contribution in [2.75, 3.05) is 18.5 Å². The highest BCUT2D eigenvalue weighted by Gasteiger charge is 2.32. The third-order valence-corrected chi connectivity index (χ3v) is 5.45. The number of fused-ring (bicyclic) bond motifs is 1. The average Bonchev–Trinajstić information content (AvgIpc) is 2.87. The molecule has 1 aliphatic heterocycles. The van der Waals surface area contributed by atoms with E-state index in [2.05, 4.69) is 10.4 Å². The fourth-order valence-electron chi connectivity index (χ4n) is 2.54. The van der Waals surface area contributed by atoms with E-state index in [4.69, 9.17) is 5.84 Å². The van der Waals surface area contributed by atoms with E-state index < -0.39 is 10.0 Å². The molecule has 0 aromatic carbocycles. The van der Waals surface area contributed by atoms with Gasteiger partial charge in [-0.2, -0.15) is 4.31 Å². The standard InChI is InChI=1S/C12H17N5O2S/c13-15-11-12(17-9-5-2-6-10(17)14-11)20(18,19)16-7-3-1-4-8-16/h2,5-6,9,15H,1,3-4,7-8,13H2. The van der Waals surface area contributed by atoms with Crippen LogP contribution in [0.1, 0.15) is 19.3 Å². The molecule has 1 saturated heterocycles. The van der Waals surface area contributed by atoms with Crippen molar-refractivity contribution in [3.05, 3.63) is 24.4 Å². The summed E-state index contributed by atoms with van der Waals surface area (Å²) < 4.78 is 28.7. The zero-order valence-corrected chi connectivity index (χ0v) is 11.8. The molecule has 1 aliphatic rings. The van der Waals surface area contributed by atoms with Gasteiger partial charge in [-0.15, -0.1) is 0 Å². The van der Waals surface area contributed by atoms with Crippen LogP contribution in [-0.2, 0) is 10.0 Å². The summed E-state index contributed by atoms with van der Waals surface area (Å²) in [6.07, 6.45) is 4.53. The van der Waals surface area contributed by atoms with Gasteiger partial charge in [0.25, 0.3) is 10.0 Å². The Morgan fingerprint density at radius 3 is 2.65 bits per heavy atom. The number of aromatic nitrogens is 2. The Kier molecular flexibility index (Phi) is 3.36. The number of anilines is 1. The SMILES string of the molecule is NNc1nc2ccccn2c1S(=O)(=O)N1CCCCC1. The van der Waals surface area contributed by atoms with Crippen LogP contribution in [0, 0.1) is 0 Å². The van der Waals surface area contributed by atoms with Crippen molar-refractivity contribution in [3.8, 4) is 0 Å². The Hall–Kier alpha value is -1.64. The first kappa shape index (κ1) is 13.3. The van der Waals surface area contributed by atoms with Crippen LogP contribution in [0.2, 0.25) is 0 Å². The van der Waals surface area contributed by atoms with Gasteiger partial charge in [-0.3, -0.25) is 4.40 Å². The number of piperidine rings is 1. The molecule has 7 nitrogen and oxygen atoms in total. The van der Waals surface area contributed by atoms with Crippen molar-refractivity contribution >= 4 is 21.5 Å². The minimum atomic E-state index is -3.60. The summed E-state index contributed by atoms with van der Waals surface area (Å²) in [5, 5.41) is 0.109. The summed E-state index contributed by atoms with van der Waals surface area (Å²) in [6, 6.07) is 5.32. The van der Waals surface area contributed by atoms with Gasteiger partial charge in [0, 0.05) is 19.3 Å². The summed E-state index contributed by atoms with van der Waals surface area (Å²) >= 11 is 0. The number of imidazole rings is 1. The van der Waals surface area contributed by atoms with Crippen molar-refractivity contribution in [1.29, 1.82) is 0 Å². The Balaban J connectivity index is 2.17. The summed E-state index contributed by atoms with van der Waals surface area (Å²) in [4.78, 5) is 4.21. The van der Waals surface area contributed by atoms with Gasteiger partial charge in [-0.05, 0) is 25.0 Å². The Labute approximate surface area is 117 Å². The predicted molar refractivity (Wildman–Crippen MR) is 75.6 cm³/mol. The molecular weight excluding hydrogens is 278 g/mol. The number of hydrogen-bond donors (Lipinski definition) is 2. The van der Waals surface area contributed by atoms with Gasteiger partial charge in [-0.1, -0.05) is 12.5 Å². The fourth-order valence-corrected chi connectivity index (χ4v) is 4.28. The van der Waals surface area contributed by atoms with Gasteiger partial charge in [0.1, 0.15) is 5.65 Å². The van der Waals surface area contributed by atoms with Crippen LogP contribution >= 0.6 is 0 Å². The van der Waals surface area contributed by atoms with E-state index in [0.717, 1.165) is 19.3 Å². The topological polar surface area (TPSA) is 92.7 Å². The number of rotatable bonds is 3. The molecular formula is C12H17N5O2S. The Morgan fingerprint density at radius 2 is 1.95 bits per heavy atom. The molecule has 8 heteroatoms. The first-order valence-electron chi connectivity index (χ1n) is 6.58. The lowest BCUT2D eigenvalue weighted by molar-refractivity contribution is 0.345. The fraction of sp³-hybridized carbons (Fsp3) is 0.417. The van der Waals surface area contributed by atoms with Crippen molar-refractivity contribution in [3.63, 3.8) is 0 Å². The highest BCUT2D eigenvalue weighted by molar-refractivity contribution is 7.89. The molecule has 3 N–H and O–H groups in total. The smallest absolute Gasteiger partial charge is 0.262 e. The number of nitrogens with one attached hydrogen (secondary N) is 1. The molecule has 0 saturated carbocycles. The maximum Gasteiger partial charge on any atom is 0.262 e. The normalized spacial score (nSPS) is 17.4. The van der Waals surface area contributed by atoms with Crippen molar-refractivity contribution in [2.24, 2.45) is 5.84 Å². The molecule has 3 rings (SSSR count). The van der Waals surface area contributed by atoms with Crippen LogP contribution in [0.4, 0.5) is 5.82 Å². The van der Waals surface area contributed by atoms with E-state index in [0.29, 0.717) is 18.7 Å². The molecule has 0 amide bonds. The molecule has 2 aromatic heterocycles. The van der Waals surface area contributed by atoms with Gasteiger partial charge >= 0.3 is 0 Å². The van der Waals surface area contributed by atoms with E-state index in [1.54, 1.807) is 28.8 Å². The lowest BCUT2D eigenvalue weighted by atomic mass is 10.2. The number of nitrogen functional groups attached to an aromatic ring is 1. The molecule has 0 spiro atoms. The average molecular weight is 295 g/mol. The van der Waals surface area contributed by atoms with Crippen LogP contribution in [-0.4, -0.2) is 35.2 Å². The van der Waals surface area contributed by atoms with Crippen LogP contribution in [0.5, 0.6) is 0 Å². The molecule has 20 heavy (non-hydrogen) atoms. The zero-order valence-electron chi connectivity index (χ0n) is 11.0. The monoisotopic (exact) mass is 295 g/mol. The van der Waals surface area contributed by atoms with E-state index in [1.165, 1.54) is 4.31 Å². The summed E-state index contributed by atoms with van der Waals surface area (Å²) in [6.45, 7) is 1.10. The Bertz CT molecular complexity index is 719. The van der Waals surface area contributed by atoms with Gasteiger partial charge in [0.15, 0.2) is 5.82 Å². The second-order valence-electron chi connectivity index (χ2n) is 4.80. The van der Waals surface area contributed by atoms with Gasteiger partial charge in [-0.25, -0.2) is 19.2 Å². The molecule has 3 heterocycles. The maximum atomic E-state index is 12.8. The maximum absolute atomic E-state index is 12.8. The lowest BCUT2D eigenvalue weighted by Crippen LogP contribution is -2.36. The first-order valence-corrected chi connectivity index (χ1v) is 8.02. The molecule has 0 radical (unpaired) electrons. The Morgan fingerprint density at radius 1 is 1.20 bits per heavy atom. The van der Waals surface area contributed by atoms with Crippen molar-refractivity contribution in [1.82, 2.24) is 13.7 Å². The third-order valence-electron chi connectivity index (χ3n) is 3.52. The zero-order chi connectivity index (χ0) is 14.2. The second-order valence-corrected chi connectivity index (χ2v) is 6.66. The highest BCUT2D eigenvalue weighted by atomic mass is 32.2. The van der Waals surface area contributed by atoms with Crippen LogP contribution in [0.15, 0.2) is 29.4 Å². The largest absolute Gasteiger partial charge is 0.306 e. The molecule has 108 valence electrons. The molecule has 1 fully saturated rings. The molecule has 0 unspecified atom stereocenters. The number of nitrogens with two attached hydrogens (primary N) is 1. The lowest BCUT2D eigenvalue weighted by Gasteiger charge is -2.25. The summed E-state index contributed by atoms with van der Waals surface area (Å²) in [5.74, 6) is 5.61. The predicted octanol–water partition coefficient (Wildman–Crippen LogP) is 0.794. The first-order chi connectivity index (χ1) is 9.64. The van der Waals surface area contributed by atoms with Gasteiger partial charge in [0.05, 0.1) is 0 Å². The number of pyridine rings is 1. The summed E-state index contributed by atoms with van der Waals surface area (Å²) in [7, 11) is -3.60. The van der Waals surface area contributed by atoms with Crippen LogP contribution in [0.3, 0.4) is 0 Å². The minimum absolute atomic E-state index is 0.109. The van der Waals surface area contributed by atoms with E-state index in [1.807, 2.05) is 0 Å². The van der Waals surface area contributed by atoms with Gasteiger partial charge < -0.3 is 5.43 Å². The van der Waals surface area contributed by atoms with E-state index in [9.17, 15) is 8.42 Å². The summed E-state index contributed by atoms with van der Waals surface area (Å²) in [5.41, 5.74) is 2.94. The molecule has 0 bridgehead atoms. The van der Waals surface area contributed by atoms with Crippen LogP contribution < -0.4 is 11.3 Å². The third kappa shape index (κ3) is 2.05. The van der Waals surface area contributed by atoms with Crippen molar-refractivity contribution in [2.45, 2.75) is 24.3 Å². The van der Waals surface area contributed by atoms with Gasteiger partial charge in [0.2, 0.25) is 5.03 Å². The highest BCUT2D eigenvalue weighted by Crippen LogP contribution is 2.27. The second kappa shape index (κ2) is 5.04. The number of sulfonamides is 1. The minimum Gasteiger partial charge on any atom is -0.306 e. The molecule has 0 atom stereocenters.